The molecule has 0 radical (unpaired) electrons. The lowest BCUT2D eigenvalue weighted by molar-refractivity contribution is -0.120. The molecule has 28 heavy (non-hydrogen) atoms. The molecule has 0 bridgehead atoms. The summed E-state index contributed by atoms with van der Waals surface area (Å²) < 4.78 is 24.4. The molecule has 0 unspecified atom stereocenters. The molecule has 0 heterocycles. The number of carbonyl (C=O) groups is 1. The molecule has 5 nitrogen and oxygen atoms in total. The van der Waals surface area contributed by atoms with E-state index in [0.717, 1.165) is 6.42 Å². The van der Waals surface area contributed by atoms with Gasteiger partial charge in [0.2, 0.25) is 5.91 Å². The van der Waals surface area contributed by atoms with Crippen molar-refractivity contribution in [1.29, 1.82) is 0 Å². The fourth-order valence-corrected chi connectivity index (χ4v) is 2.59. The number of rotatable bonds is 9. The maximum Gasteiger partial charge on any atom is 0.244 e. The van der Waals surface area contributed by atoms with E-state index < -0.39 is 0 Å². The quantitative estimate of drug-likeness (QED) is 0.483. The largest absolute Gasteiger partial charge is 0.490 e. The molecule has 150 valence electrons. The van der Waals surface area contributed by atoms with Crippen molar-refractivity contribution in [3.8, 4) is 11.5 Å². The minimum atomic E-state index is -0.343. The Bertz CT molecular complexity index is 825. The maximum atomic E-state index is 12.9. The standard InChI is InChI=1S/C21H24ClFN2O3/c1-4-14(3)28-21-18(22)10-16(11-19(21)27-5-2)13-24-25-20(26)12-15-6-8-17(23)9-7-15/h6-11,13-14H,4-5,12H2,1-3H3,(H,25,26)/b24-13+/t14-/m1/s1. The Hall–Kier alpha value is -2.60. The molecule has 2 rings (SSSR count). The SMILES string of the molecule is CCOc1cc(/C=N/NC(=O)Cc2ccc(F)cc2)cc(Cl)c1O[C@H](C)CC. The number of benzene rings is 2. The van der Waals surface area contributed by atoms with Gasteiger partial charge >= 0.3 is 0 Å². The zero-order chi connectivity index (χ0) is 20.5. The molecule has 2 aromatic rings. The van der Waals surface area contributed by atoms with Gasteiger partial charge in [0.1, 0.15) is 5.82 Å². The van der Waals surface area contributed by atoms with Crippen LogP contribution in [-0.2, 0) is 11.2 Å². The summed E-state index contributed by atoms with van der Waals surface area (Å²) in [5.41, 5.74) is 3.80. The van der Waals surface area contributed by atoms with E-state index in [0.29, 0.717) is 34.3 Å². The summed E-state index contributed by atoms with van der Waals surface area (Å²) in [7, 11) is 0. The van der Waals surface area contributed by atoms with Crippen molar-refractivity contribution in [2.24, 2.45) is 5.10 Å². The van der Waals surface area contributed by atoms with E-state index in [-0.39, 0.29) is 24.2 Å². The third kappa shape index (κ3) is 6.53. The van der Waals surface area contributed by atoms with Crippen LogP contribution in [0.1, 0.15) is 38.3 Å². The van der Waals surface area contributed by atoms with E-state index in [4.69, 9.17) is 21.1 Å². The summed E-state index contributed by atoms with van der Waals surface area (Å²) in [5.74, 6) is 0.366. The molecule has 0 aliphatic carbocycles. The second-order valence-electron chi connectivity index (χ2n) is 6.20. The molecular weight excluding hydrogens is 383 g/mol. The Balaban J connectivity index is 2.05. The first-order valence-electron chi connectivity index (χ1n) is 9.12. The predicted octanol–water partition coefficient (Wildman–Crippen LogP) is 4.75. The molecule has 1 amide bonds. The molecule has 0 fully saturated rings. The highest BCUT2D eigenvalue weighted by atomic mass is 35.5. The van der Waals surface area contributed by atoms with Crippen LogP contribution in [-0.4, -0.2) is 24.8 Å². The molecule has 0 saturated heterocycles. The minimum absolute atomic E-state index is 0.00183. The summed E-state index contributed by atoms with van der Waals surface area (Å²) >= 11 is 6.35. The first-order valence-corrected chi connectivity index (χ1v) is 9.50. The lowest BCUT2D eigenvalue weighted by Crippen LogP contribution is -2.19. The molecule has 0 aromatic heterocycles. The number of amides is 1. The highest BCUT2D eigenvalue weighted by Gasteiger charge is 2.14. The van der Waals surface area contributed by atoms with Crippen LogP contribution in [0.5, 0.6) is 11.5 Å². The van der Waals surface area contributed by atoms with E-state index in [9.17, 15) is 9.18 Å². The van der Waals surface area contributed by atoms with E-state index in [1.165, 1.54) is 18.3 Å². The van der Waals surface area contributed by atoms with Gasteiger partial charge in [0.15, 0.2) is 11.5 Å². The van der Waals surface area contributed by atoms with Gasteiger partial charge in [-0.15, -0.1) is 0 Å². The van der Waals surface area contributed by atoms with E-state index >= 15 is 0 Å². The molecule has 0 spiro atoms. The average molecular weight is 407 g/mol. The monoisotopic (exact) mass is 406 g/mol. The van der Waals surface area contributed by atoms with E-state index in [1.807, 2.05) is 20.8 Å². The topological polar surface area (TPSA) is 59.9 Å². The average Bonchev–Trinajstić information content (AvgIpc) is 2.66. The smallest absolute Gasteiger partial charge is 0.244 e. The Morgan fingerprint density at radius 3 is 2.64 bits per heavy atom. The van der Waals surface area contributed by atoms with Gasteiger partial charge in [-0.1, -0.05) is 30.7 Å². The highest BCUT2D eigenvalue weighted by Crippen LogP contribution is 2.37. The Kier molecular flexibility index (Phi) is 8.26. The highest BCUT2D eigenvalue weighted by molar-refractivity contribution is 6.32. The van der Waals surface area contributed by atoms with Gasteiger partial charge < -0.3 is 9.47 Å². The Morgan fingerprint density at radius 2 is 2.00 bits per heavy atom. The van der Waals surface area contributed by atoms with Crippen molar-refractivity contribution >= 4 is 23.7 Å². The zero-order valence-corrected chi connectivity index (χ0v) is 16.9. The van der Waals surface area contributed by atoms with Gasteiger partial charge in [-0.05, 0) is 55.7 Å². The number of hydrazone groups is 1. The number of ether oxygens (including phenoxy) is 2. The minimum Gasteiger partial charge on any atom is -0.490 e. The van der Waals surface area contributed by atoms with Crippen LogP contribution >= 0.6 is 11.6 Å². The second kappa shape index (κ2) is 10.7. The van der Waals surface area contributed by atoms with Crippen LogP contribution in [0.25, 0.3) is 0 Å². The van der Waals surface area contributed by atoms with Crippen molar-refractivity contribution in [3.63, 3.8) is 0 Å². The molecule has 1 N–H and O–H groups in total. The number of hydrogen-bond donors (Lipinski definition) is 1. The summed E-state index contributed by atoms with van der Waals surface area (Å²) in [4.78, 5) is 11.9. The van der Waals surface area contributed by atoms with Crippen molar-refractivity contribution in [3.05, 3.63) is 58.4 Å². The van der Waals surface area contributed by atoms with Gasteiger partial charge in [-0.3, -0.25) is 4.79 Å². The first kappa shape index (κ1) is 21.7. The van der Waals surface area contributed by atoms with Crippen LogP contribution in [0.3, 0.4) is 0 Å². The van der Waals surface area contributed by atoms with Crippen LogP contribution < -0.4 is 14.9 Å². The Morgan fingerprint density at radius 1 is 1.29 bits per heavy atom. The molecule has 7 heteroatoms. The number of nitrogens with zero attached hydrogens (tertiary/aromatic N) is 1. The van der Waals surface area contributed by atoms with Crippen molar-refractivity contribution in [1.82, 2.24) is 5.43 Å². The van der Waals surface area contributed by atoms with E-state index in [1.54, 1.807) is 24.3 Å². The summed E-state index contributed by atoms with van der Waals surface area (Å²) in [6.07, 6.45) is 2.42. The molecule has 1 atom stereocenters. The second-order valence-corrected chi connectivity index (χ2v) is 6.60. The molecule has 0 aliphatic heterocycles. The summed E-state index contributed by atoms with van der Waals surface area (Å²) in [5, 5.41) is 4.36. The van der Waals surface area contributed by atoms with Gasteiger partial charge in [0.25, 0.3) is 0 Å². The van der Waals surface area contributed by atoms with Gasteiger partial charge in [0.05, 0.1) is 30.4 Å². The maximum absolute atomic E-state index is 12.9. The van der Waals surface area contributed by atoms with Crippen LogP contribution in [0.15, 0.2) is 41.5 Å². The van der Waals surface area contributed by atoms with Crippen LogP contribution in [0, 0.1) is 5.82 Å². The van der Waals surface area contributed by atoms with Gasteiger partial charge in [0, 0.05) is 0 Å². The summed E-state index contributed by atoms with van der Waals surface area (Å²) in [6.45, 7) is 6.31. The molecule has 2 aromatic carbocycles. The van der Waals surface area contributed by atoms with Crippen LogP contribution in [0.4, 0.5) is 4.39 Å². The zero-order valence-electron chi connectivity index (χ0n) is 16.2. The summed E-state index contributed by atoms with van der Waals surface area (Å²) in [6, 6.07) is 9.18. The fourth-order valence-electron chi connectivity index (χ4n) is 2.33. The lowest BCUT2D eigenvalue weighted by Gasteiger charge is -2.18. The first-order chi connectivity index (χ1) is 13.4. The van der Waals surface area contributed by atoms with Crippen molar-refractivity contribution in [2.45, 2.75) is 39.7 Å². The normalized spacial score (nSPS) is 12.0. The van der Waals surface area contributed by atoms with Gasteiger partial charge in [-0.25, -0.2) is 9.82 Å². The van der Waals surface area contributed by atoms with Crippen LogP contribution in [0.2, 0.25) is 5.02 Å². The third-order valence-electron chi connectivity index (χ3n) is 3.91. The number of hydrogen-bond acceptors (Lipinski definition) is 4. The van der Waals surface area contributed by atoms with Gasteiger partial charge in [-0.2, -0.15) is 5.10 Å². The third-order valence-corrected chi connectivity index (χ3v) is 4.19. The van der Waals surface area contributed by atoms with Crippen molar-refractivity contribution < 1.29 is 18.7 Å². The predicted molar refractivity (Wildman–Crippen MR) is 109 cm³/mol. The van der Waals surface area contributed by atoms with Crippen molar-refractivity contribution in [2.75, 3.05) is 6.61 Å². The molecular formula is C21H24ClFN2O3. The number of nitrogens with one attached hydrogen (secondary N) is 1. The molecule has 0 saturated carbocycles. The lowest BCUT2D eigenvalue weighted by atomic mass is 10.1. The fraction of sp³-hybridized carbons (Fsp3) is 0.333. The Labute approximate surface area is 169 Å². The van der Waals surface area contributed by atoms with E-state index in [2.05, 4.69) is 10.5 Å². The molecule has 0 aliphatic rings. The number of halogens is 2. The number of carbonyl (C=O) groups excluding carboxylic acids is 1.